The summed E-state index contributed by atoms with van der Waals surface area (Å²) in [5.74, 6) is -0.236. The van der Waals surface area contributed by atoms with E-state index in [1.165, 1.54) is 6.07 Å². The van der Waals surface area contributed by atoms with Crippen molar-refractivity contribution in [3.05, 3.63) is 60.0 Å². The summed E-state index contributed by atoms with van der Waals surface area (Å²) in [4.78, 5) is 10.7. The van der Waals surface area contributed by atoms with Gasteiger partial charge in [-0.2, -0.15) is 16.9 Å². The molecule has 1 aliphatic carbocycles. The maximum Gasteiger partial charge on any atom is 0.329 e. The van der Waals surface area contributed by atoms with Crippen LogP contribution in [-0.2, 0) is 22.5 Å². The first-order chi connectivity index (χ1) is 17.5. The second-order valence-corrected chi connectivity index (χ2v) is 10.4. The minimum absolute atomic E-state index is 0.247. The van der Waals surface area contributed by atoms with Gasteiger partial charge < -0.3 is 14.9 Å². The zero-order valence-corrected chi connectivity index (χ0v) is 21.3. The Labute approximate surface area is 215 Å². The van der Waals surface area contributed by atoms with Crippen LogP contribution in [0.3, 0.4) is 0 Å². The van der Waals surface area contributed by atoms with E-state index in [2.05, 4.69) is 10.9 Å². The fraction of sp³-hybridized carbons (Fsp3) is 0.429. The van der Waals surface area contributed by atoms with Crippen LogP contribution in [0.1, 0.15) is 31.4 Å². The van der Waals surface area contributed by atoms with Crippen LogP contribution in [0.2, 0.25) is 0 Å². The smallest absolute Gasteiger partial charge is 0.329 e. The number of benzene rings is 2. The Hall–Kier alpha value is -2.84. The summed E-state index contributed by atoms with van der Waals surface area (Å²) in [5, 5.41) is 23.9. The zero-order chi connectivity index (χ0) is 25.5. The van der Waals surface area contributed by atoms with Crippen molar-refractivity contribution < 1.29 is 24.1 Å². The zero-order valence-electron chi connectivity index (χ0n) is 20.5. The molecule has 0 aliphatic heterocycles. The van der Waals surface area contributed by atoms with E-state index in [9.17, 15) is 9.90 Å². The summed E-state index contributed by atoms with van der Waals surface area (Å²) in [6, 6.07) is 14.6. The van der Waals surface area contributed by atoms with E-state index in [4.69, 9.17) is 14.9 Å². The molecule has 1 saturated carbocycles. The number of thioether (sulfide) groups is 1. The molecule has 0 atom stereocenters. The molecule has 0 bridgehead atoms. The molecule has 1 aromatic heterocycles. The number of carbonyl (C=O) groups is 1. The molecular formula is C28H33FN2O4S. The molecule has 1 heterocycles. The molecule has 2 N–H and O–H groups in total. The third-order valence-electron chi connectivity index (χ3n) is 6.87. The number of ether oxygens (including phenoxy) is 1. The van der Waals surface area contributed by atoms with Crippen molar-refractivity contribution in [2.45, 2.75) is 38.6 Å². The van der Waals surface area contributed by atoms with E-state index >= 15 is 4.39 Å². The fourth-order valence-corrected chi connectivity index (χ4v) is 5.43. The number of nitrogens with zero attached hydrogens (tertiary/aromatic N) is 2. The Morgan fingerprint density at radius 2 is 1.83 bits per heavy atom. The highest BCUT2D eigenvalue weighted by atomic mass is 32.2. The fourth-order valence-electron chi connectivity index (χ4n) is 5.03. The normalized spacial score (nSPS) is 17.8. The van der Waals surface area contributed by atoms with Crippen molar-refractivity contribution in [3.8, 4) is 28.1 Å². The third kappa shape index (κ3) is 6.28. The molecule has 6 nitrogen and oxygen atoms in total. The van der Waals surface area contributed by atoms with Crippen molar-refractivity contribution in [1.29, 1.82) is 0 Å². The second kappa shape index (κ2) is 12.4. The van der Waals surface area contributed by atoms with Crippen LogP contribution in [0.15, 0.2) is 48.5 Å². The number of aliphatic carboxylic acids is 1. The van der Waals surface area contributed by atoms with Gasteiger partial charge in [-0.25, -0.2) is 9.18 Å². The van der Waals surface area contributed by atoms with E-state index in [0.717, 1.165) is 66.9 Å². The summed E-state index contributed by atoms with van der Waals surface area (Å²) in [6.45, 7) is 0.980. The quantitative estimate of drug-likeness (QED) is 0.334. The molecule has 192 valence electrons. The van der Waals surface area contributed by atoms with Gasteiger partial charge in [-0.15, -0.1) is 0 Å². The predicted octanol–water partition coefficient (Wildman–Crippen LogP) is 5.87. The van der Waals surface area contributed by atoms with Crippen molar-refractivity contribution >= 4 is 17.7 Å². The Kier molecular flexibility index (Phi) is 9.04. The molecule has 36 heavy (non-hydrogen) atoms. The van der Waals surface area contributed by atoms with Crippen LogP contribution in [0.4, 0.5) is 4.39 Å². The molecule has 0 saturated heterocycles. The molecule has 0 spiro atoms. The van der Waals surface area contributed by atoms with E-state index in [-0.39, 0.29) is 12.4 Å². The van der Waals surface area contributed by atoms with Crippen molar-refractivity contribution in [3.63, 3.8) is 0 Å². The lowest BCUT2D eigenvalue weighted by Crippen LogP contribution is -2.24. The number of hydrogen-bond acceptors (Lipinski definition) is 5. The van der Waals surface area contributed by atoms with Gasteiger partial charge in [-0.05, 0) is 62.0 Å². The lowest BCUT2D eigenvalue weighted by atomic mass is 9.82. The van der Waals surface area contributed by atoms with Crippen LogP contribution in [0.5, 0.6) is 5.75 Å². The number of phenolic OH excluding ortho intramolecular Hbond substituents is 1. The van der Waals surface area contributed by atoms with E-state index in [1.807, 2.05) is 30.3 Å². The van der Waals surface area contributed by atoms with Crippen LogP contribution >= 0.6 is 11.8 Å². The van der Waals surface area contributed by atoms with Gasteiger partial charge in [0.2, 0.25) is 0 Å². The van der Waals surface area contributed by atoms with Gasteiger partial charge in [0.15, 0.2) is 11.6 Å². The van der Waals surface area contributed by atoms with Gasteiger partial charge >= 0.3 is 5.97 Å². The molecule has 2 aromatic carbocycles. The van der Waals surface area contributed by atoms with Crippen LogP contribution < -0.4 is 0 Å². The Bertz CT molecular complexity index is 1160. The van der Waals surface area contributed by atoms with Gasteiger partial charge in [0.05, 0.1) is 6.61 Å². The average molecular weight is 513 g/mol. The number of aromatic hydroxyl groups is 1. The van der Waals surface area contributed by atoms with Gasteiger partial charge in [-0.3, -0.25) is 4.68 Å². The van der Waals surface area contributed by atoms with Gasteiger partial charge in [-0.1, -0.05) is 42.5 Å². The van der Waals surface area contributed by atoms with E-state index in [0.29, 0.717) is 24.0 Å². The molecule has 0 radical (unpaired) electrons. The first-order valence-corrected chi connectivity index (χ1v) is 13.8. The molecule has 4 rings (SSSR count). The lowest BCUT2D eigenvalue weighted by molar-refractivity contribution is -0.142. The Balaban J connectivity index is 1.64. The minimum Gasteiger partial charge on any atom is -0.505 e. The molecule has 1 aliphatic rings. The topological polar surface area (TPSA) is 84.6 Å². The number of carboxylic acid groups (broad SMARTS) is 1. The van der Waals surface area contributed by atoms with Crippen LogP contribution in [0, 0.1) is 17.7 Å². The highest BCUT2D eigenvalue weighted by molar-refractivity contribution is 7.98. The maximum atomic E-state index is 15.2. The molecule has 8 heteroatoms. The number of halogens is 1. The summed E-state index contributed by atoms with van der Waals surface area (Å²) < 4.78 is 22.6. The summed E-state index contributed by atoms with van der Waals surface area (Å²) in [6.07, 6.45) is 6.81. The van der Waals surface area contributed by atoms with Crippen molar-refractivity contribution in [2.24, 2.45) is 11.8 Å². The average Bonchev–Trinajstić information content (AvgIpc) is 3.23. The highest BCUT2D eigenvalue weighted by Crippen LogP contribution is 2.39. The lowest BCUT2D eigenvalue weighted by Gasteiger charge is -2.28. The van der Waals surface area contributed by atoms with Crippen LogP contribution in [-0.4, -0.2) is 51.2 Å². The highest BCUT2D eigenvalue weighted by Gasteiger charge is 2.27. The van der Waals surface area contributed by atoms with Gasteiger partial charge in [0.1, 0.15) is 12.3 Å². The summed E-state index contributed by atoms with van der Waals surface area (Å²) >= 11 is 1.74. The second-order valence-electron chi connectivity index (χ2n) is 9.40. The number of carboxylic acids is 1. The Morgan fingerprint density at radius 1 is 1.11 bits per heavy atom. The SMILES string of the molecule is CSCCc1c(-c2cccc(O)c2F)c(-c2ccccc2)nn1CC1CCC(COCC(=O)O)CC1. The minimum atomic E-state index is -0.937. The van der Waals surface area contributed by atoms with Gasteiger partial charge in [0, 0.05) is 28.9 Å². The maximum absolute atomic E-state index is 15.2. The molecule has 0 unspecified atom stereocenters. The van der Waals surface area contributed by atoms with Crippen LogP contribution in [0.25, 0.3) is 22.4 Å². The predicted molar refractivity (Wildman–Crippen MR) is 141 cm³/mol. The first kappa shape index (κ1) is 26.2. The third-order valence-corrected chi connectivity index (χ3v) is 7.48. The van der Waals surface area contributed by atoms with Crippen molar-refractivity contribution in [2.75, 3.05) is 25.2 Å². The summed E-state index contributed by atoms with van der Waals surface area (Å²) in [7, 11) is 0. The first-order valence-electron chi connectivity index (χ1n) is 12.4. The number of rotatable bonds is 11. The standard InChI is InChI=1S/C28H33FN2O4S/c1-36-15-14-23-26(22-8-5-9-24(32)27(22)29)28(21-6-3-2-4-7-21)30-31(23)16-19-10-12-20(13-11-19)17-35-18-25(33)34/h2-9,19-20,32H,10-18H2,1H3,(H,33,34). The summed E-state index contributed by atoms with van der Waals surface area (Å²) in [5.41, 5.74) is 3.75. The number of aromatic nitrogens is 2. The number of hydrogen-bond donors (Lipinski definition) is 2. The largest absolute Gasteiger partial charge is 0.505 e. The number of phenols is 1. The molecule has 3 aromatic rings. The molecular weight excluding hydrogens is 479 g/mol. The molecule has 0 amide bonds. The molecule has 1 fully saturated rings. The van der Waals surface area contributed by atoms with E-state index in [1.54, 1.807) is 23.9 Å². The van der Waals surface area contributed by atoms with Gasteiger partial charge in [0.25, 0.3) is 0 Å². The monoisotopic (exact) mass is 512 g/mol. The van der Waals surface area contributed by atoms with E-state index < -0.39 is 11.8 Å². The van der Waals surface area contributed by atoms with Crippen molar-refractivity contribution in [1.82, 2.24) is 9.78 Å². The Morgan fingerprint density at radius 3 is 2.53 bits per heavy atom.